The van der Waals surface area contributed by atoms with Crippen LogP contribution in [0, 0.1) is 0 Å². The second kappa shape index (κ2) is 10.1. The molecule has 0 aliphatic rings. The molecule has 0 heterocycles. The van der Waals surface area contributed by atoms with Crippen LogP contribution in [0.4, 0.5) is 0 Å². The van der Waals surface area contributed by atoms with Crippen LogP contribution in [0.3, 0.4) is 0 Å². The minimum atomic E-state index is -0.404. The van der Waals surface area contributed by atoms with Gasteiger partial charge in [0.2, 0.25) is 5.91 Å². The topological polar surface area (TPSA) is 89.0 Å². The highest BCUT2D eigenvalue weighted by atomic mass is 16.5. The van der Waals surface area contributed by atoms with Crippen LogP contribution in [0.5, 0.6) is 11.5 Å². The first-order valence-corrected chi connectivity index (χ1v) is 8.84. The number of amides is 2. The minimum Gasteiger partial charge on any atom is -0.493 e. The molecule has 0 fully saturated rings. The highest BCUT2D eigenvalue weighted by Gasteiger charge is 2.12. The molecule has 0 aliphatic heterocycles. The molecule has 0 saturated heterocycles. The molecule has 0 aliphatic carbocycles. The number of hydrogen-bond donors (Lipinski definition) is 2. The Bertz CT molecular complexity index is 850. The maximum absolute atomic E-state index is 12.3. The summed E-state index contributed by atoms with van der Waals surface area (Å²) in [6.07, 6.45) is 0.0867. The van der Waals surface area contributed by atoms with E-state index in [-0.39, 0.29) is 18.4 Å². The van der Waals surface area contributed by atoms with E-state index in [1.165, 1.54) is 14.2 Å². The van der Waals surface area contributed by atoms with Crippen molar-refractivity contribution in [2.45, 2.75) is 26.3 Å². The van der Waals surface area contributed by atoms with E-state index in [2.05, 4.69) is 15.8 Å². The Morgan fingerprint density at radius 2 is 1.71 bits per heavy atom. The molecule has 2 aromatic rings. The smallest absolute Gasteiger partial charge is 0.271 e. The number of nitrogens with one attached hydrogen (secondary N) is 2. The number of benzene rings is 2. The van der Waals surface area contributed by atoms with E-state index in [4.69, 9.17) is 9.47 Å². The molecule has 2 N–H and O–H groups in total. The summed E-state index contributed by atoms with van der Waals surface area (Å²) in [6.45, 7) is 3.60. The van der Waals surface area contributed by atoms with Crippen LogP contribution in [-0.4, -0.2) is 31.7 Å². The van der Waals surface area contributed by atoms with E-state index in [9.17, 15) is 9.59 Å². The van der Waals surface area contributed by atoms with E-state index in [1.807, 2.05) is 37.3 Å². The Kier molecular flexibility index (Phi) is 7.56. The third-order valence-corrected chi connectivity index (χ3v) is 4.09. The first-order chi connectivity index (χ1) is 13.4. The Morgan fingerprint density at radius 1 is 1.04 bits per heavy atom. The summed E-state index contributed by atoms with van der Waals surface area (Å²) in [5.41, 5.74) is 4.33. The maximum atomic E-state index is 12.3. The van der Waals surface area contributed by atoms with Gasteiger partial charge in [-0.1, -0.05) is 30.3 Å². The molecule has 2 aromatic carbocycles. The fourth-order valence-corrected chi connectivity index (χ4v) is 2.58. The van der Waals surface area contributed by atoms with Gasteiger partial charge in [-0.2, -0.15) is 5.10 Å². The Morgan fingerprint density at radius 3 is 2.36 bits per heavy atom. The van der Waals surface area contributed by atoms with Gasteiger partial charge in [0.25, 0.3) is 5.91 Å². The molecule has 2 rings (SSSR count). The molecular weight excluding hydrogens is 358 g/mol. The lowest BCUT2D eigenvalue weighted by atomic mass is 10.1. The molecule has 0 unspecified atom stereocenters. The van der Waals surface area contributed by atoms with Gasteiger partial charge in [-0.15, -0.1) is 0 Å². The van der Waals surface area contributed by atoms with Crippen LogP contribution < -0.4 is 20.2 Å². The van der Waals surface area contributed by atoms with Gasteiger partial charge in [0.15, 0.2) is 11.5 Å². The lowest BCUT2D eigenvalue weighted by Crippen LogP contribution is -2.28. The number of rotatable bonds is 8. The quantitative estimate of drug-likeness (QED) is 0.542. The van der Waals surface area contributed by atoms with E-state index < -0.39 is 5.91 Å². The number of nitrogens with zero attached hydrogens (tertiary/aromatic N) is 1. The van der Waals surface area contributed by atoms with Crippen LogP contribution in [-0.2, 0) is 4.79 Å². The predicted octanol–water partition coefficient (Wildman–Crippen LogP) is 3.08. The molecule has 0 saturated carbocycles. The first-order valence-electron chi connectivity index (χ1n) is 8.84. The number of carbonyl (C=O) groups excluding carboxylic acids is 2. The van der Waals surface area contributed by atoms with Gasteiger partial charge in [-0.05, 0) is 37.6 Å². The number of hydrogen-bond acceptors (Lipinski definition) is 5. The molecule has 7 heteroatoms. The largest absolute Gasteiger partial charge is 0.493 e. The fraction of sp³-hybridized carbons (Fsp3) is 0.286. The number of hydrazone groups is 1. The van der Waals surface area contributed by atoms with Gasteiger partial charge in [0.05, 0.1) is 26.7 Å². The zero-order valence-corrected chi connectivity index (χ0v) is 16.5. The second-order valence-corrected chi connectivity index (χ2v) is 6.23. The van der Waals surface area contributed by atoms with Gasteiger partial charge in [0, 0.05) is 11.3 Å². The summed E-state index contributed by atoms with van der Waals surface area (Å²) < 4.78 is 10.3. The number of methoxy groups -OCH3 is 2. The molecule has 28 heavy (non-hydrogen) atoms. The van der Waals surface area contributed by atoms with Gasteiger partial charge < -0.3 is 14.8 Å². The monoisotopic (exact) mass is 383 g/mol. The highest BCUT2D eigenvalue weighted by Crippen LogP contribution is 2.27. The van der Waals surface area contributed by atoms with Gasteiger partial charge in [-0.3, -0.25) is 9.59 Å². The summed E-state index contributed by atoms with van der Waals surface area (Å²) >= 11 is 0. The van der Waals surface area contributed by atoms with Crippen molar-refractivity contribution in [3.8, 4) is 11.5 Å². The van der Waals surface area contributed by atoms with Gasteiger partial charge >= 0.3 is 0 Å². The summed E-state index contributed by atoms with van der Waals surface area (Å²) in [4.78, 5) is 24.4. The first kappa shape index (κ1) is 21.0. The van der Waals surface area contributed by atoms with Crippen molar-refractivity contribution in [1.82, 2.24) is 10.7 Å². The Balaban J connectivity index is 1.91. The minimum absolute atomic E-state index is 0.0867. The Labute approximate surface area is 164 Å². The van der Waals surface area contributed by atoms with E-state index >= 15 is 0 Å². The second-order valence-electron chi connectivity index (χ2n) is 6.23. The van der Waals surface area contributed by atoms with Crippen molar-refractivity contribution in [1.29, 1.82) is 0 Å². The zero-order chi connectivity index (χ0) is 20.5. The third kappa shape index (κ3) is 5.84. The van der Waals surface area contributed by atoms with Gasteiger partial charge in [0.1, 0.15) is 0 Å². The summed E-state index contributed by atoms with van der Waals surface area (Å²) in [7, 11) is 3.02. The number of carbonyl (C=O) groups is 2. The van der Waals surface area contributed by atoms with Crippen LogP contribution in [0.1, 0.15) is 42.2 Å². The normalized spacial score (nSPS) is 12.1. The van der Waals surface area contributed by atoms with Gasteiger partial charge in [-0.25, -0.2) is 5.43 Å². The van der Waals surface area contributed by atoms with Crippen LogP contribution in [0.15, 0.2) is 53.6 Å². The molecule has 0 aromatic heterocycles. The fourth-order valence-electron chi connectivity index (χ4n) is 2.58. The van der Waals surface area contributed by atoms with Crippen LogP contribution >= 0.6 is 0 Å². The number of ether oxygens (including phenoxy) is 2. The average Bonchev–Trinajstić information content (AvgIpc) is 2.71. The molecule has 0 radical (unpaired) electrons. The average molecular weight is 383 g/mol. The van der Waals surface area contributed by atoms with Crippen molar-refractivity contribution in [3.63, 3.8) is 0 Å². The SMILES string of the molecule is COc1ccc(C(=O)N/N=C(/C)CC(=O)N[C@@H](C)c2ccccc2)cc1OC. The van der Waals surface area contributed by atoms with E-state index in [0.29, 0.717) is 22.8 Å². The Hall–Kier alpha value is -3.35. The van der Waals surface area contributed by atoms with Crippen LogP contribution in [0.25, 0.3) is 0 Å². The molecule has 0 bridgehead atoms. The molecule has 2 amide bonds. The summed E-state index contributed by atoms with van der Waals surface area (Å²) in [5, 5.41) is 6.91. The predicted molar refractivity (Wildman–Crippen MR) is 108 cm³/mol. The highest BCUT2D eigenvalue weighted by molar-refractivity contribution is 6.01. The molecule has 148 valence electrons. The third-order valence-electron chi connectivity index (χ3n) is 4.09. The van der Waals surface area contributed by atoms with Crippen molar-refractivity contribution < 1.29 is 19.1 Å². The molecule has 7 nitrogen and oxygen atoms in total. The van der Waals surface area contributed by atoms with Crippen molar-refractivity contribution in [2.75, 3.05) is 14.2 Å². The lowest BCUT2D eigenvalue weighted by molar-refractivity contribution is -0.120. The zero-order valence-electron chi connectivity index (χ0n) is 16.5. The maximum Gasteiger partial charge on any atom is 0.271 e. The molecule has 0 spiro atoms. The lowest BCUT2D eigenvalue weighted by Gasteiger charge is -2.14. The van der Waals surface area contributed by atoms with Crippen LogP contribution in [0.2, 0.25) is 0 Å². The van der Waals surface area contributed by atoms with E-state index in [1.54, 1.807) is 25.1 Å². The summed E-state index contributed by atoms with van der Waals surface area (Å²) in [5.74, 6) is 0.407. The van der Waals surface area contributed by atoms with Crippen molar-refractivity contribution in [3.05, 3.63) is 59.7 Å². The van der Waals surface area contributed by atoms with Crippen molar-refractivity contribution >= 4 is 17.5 Å². The molecular formula is C21H25N3O4. The standard InChI is InChI=1S/C21H25N3O4/c1-14(12-20(25)22-15(2)16-8-6-5-7-9-16)23-24-21(26)17-10-11-18(27-3)19(13-17)28-4/h5-11,13,15H,12H2,1-4H3,(H,22,25)(H,24,26)/b23-14-/t15-/m0/s1. The molecule has 1 atom stereocenters. The van der Waals surface area contributed by atoms with Crippen molar-refractivity contribution in [2.24, 2.45) is 5.10 Å². The summed E-state index contributed by atoms with van der Waals surface area (Å²) in [6, 6.07) is 14.4. The van der Waals surface area contributed by atoms with E-state index in [0.717, 1.165) is 5.56 Å².